The van der Waals surface area contributed by atoms with Crippen LogP contribution in [0.15, 0.2) is 96.7 Å². The fourth-order valence-corrected chi connectivity index (χ4v) is 7.42. The lowest BCUT2D eigenvalue weighted by molar-refractivity contribution is -0.401. The first-order valence-corrected chi connectivity index (χ1v) is 15.1. The molecule has 0 radical (unpaired) electrons. The monoisotopic (exact) mass is 556 g/mol. The molecule has 0 unspecified atom stereocenters. The van der Waals surface area contributed by atoms with E-state index in [2.05, 4.69) is 135 Å². The van der Waals surface area contributed by atoms with Crippen LogP contribution in [-0.4, -0.2) is 29.8 Å². The highest BCUT2D eigenvalue weighted by molar-refractivity contribution is 6.07. The molecule has 0 spiro atoms. The Bertz CT molecular complexity index is 1800. The summed E-state index contributed by atoms with van der Waals surface area (Å²) >= 11 is 0. The third kappa shape index (κ3) is 4.54. The molecule has 6 rings (SSSR count). The van der Waals surface area contributed by atoms with E-state index in [1.165, 1.54) is 55.5 Å². The predicted octanol–water partition coefficient (Wildman–Crippen LogP) is 7.55. The second kappa shape index (κ2) is 10.6. The van der Waals surface area contributed by atoms with Gasteiger partial charge in [0.2, 0.25) is 5.69 Å². The van der Waals surface area contributed by atoms with Crippen molar-refractivity contribution in [3.05, 3.63) is 108 Å². The number of anilines is 1. The number of unbranched alkanes of at least 4 members (excludes halogenated alkanes) is 2. The van der Waals surface area contributed by atoms with Gasteiger partial charge in [-0.15, -0.1) is 0 Å². The number of aliphatic carboxylic acids is 1. The van der Waals surface area contributed by atoms with Crippen molar-refractivity contribution >= 4 is 44.6 Å². The summed E-state index contributed by atoms with van der Waals surface area (Å²) in [6.07, 6.45) is 9.38. The Labute approximate surface area is 249 Å². The number of hydrogen-bond donors (Lipinski definition) is 0. The standard InChI is InChI=1S/C38H40N2O2/c1-37(2)32(39(5)30-23-21-26-14-8-10-16-28(26)35(30)37)18-13-19-33-38(3,4)36-29-17-11-9-15-27(29)22-24-31(36)40(33)25-12-6-7-20-34(41)42/h8-11,13-19,21-24H,6-7,12,20,25H2,1-5H3. The van der Waals surface area contributed by atoms with E-state index in [0.29, 0.717) is 6.42 Å². The van der Waals surface area contributed by atoms with Crippen LogP contribution in [0, 0.1) is 0 Å². The van der Waals surface area contributed by atoms with Crippen molar-refractivity contribution in [2.45, 2.75) is 64.2 Å². The highest BCUT2D eigenvalue weighted by atomic mass is 16.4. The zero-order valence-electron chi connectivity index (χ0n) is 25.4. The summed E-state index contributed by atoms with van der Waals surface area (Å²) in [4.78, 5) is 13.4. The molecule has 4 nitrogen and oxygen atoms in total. The number of nitrogens with zero attached hydrogens (tertiary/aromatic N) is 2. The largest absolute Gasteiger partial charge is 0.550 e. The summed E-state index contributed by atoms with van der Waals surface area (Å²) in [7, 11) is 2.18. The summed E-state index contributed by atoms with van der Waals surface area (Å²) in [5.74, 6) is -0.965. The molecule has 2 aliphatic rings. The maximum Gasteiger partial charge on any atom is 0.210 e. The number of carbonyl (C=O) groups is 1. The SMILES string of the molecule is C[N+]1=C(/C=C/C=C2/N(CCCCCC(=O)[O-])c3ccc4ccccc4c3C2(C)C)C(C)(C)c2c1ccc1ccccc21. The molecule has 4 heteroatoms. The Morgan fingerprint density at radius 1 is 0.810 bits per heavy atom. The Balaban J connectivity index is 1.37. The molecule has 2 aliphatic heterocycles. The van der Waals surface area contributed by atoms with Gasteiger partial charge < -0.3 is 14.8 Å². The smallest absolute Gasteiger partial charge is 0.210 e. The molecule has 42 heavy (non-hydrogen) atoms. The van der Waals surface area contributed by atoms with Crippen molar-refractivity contribution in [2.75, 3.05) is 18.5 Å². The van der Waals surface area contributed by atoms with Crippen molar-refractivity contribution in [1.82, 2.24) is 0 Å². The zero-order chi connectivity index (χ0) is 29.6. The Morgan fingerprint density at radius 3 is 2.14 bits per heavy atom. The molecule has 214 valence electrons. The summed E-state index contributed by atoms with van der Waals surface area (Å²) in [5, 5.41) is 16.1. The van der Waals surface area contributed by atoms with E-state index >= 15 is 0 Å². The van der Waals surface area contributed by atoms with Gasteiger partial charge in [-0.25, -0.2) is 0 Å². The van der Waals surface area contributed by atoms with E-state index in [1.807, 2.05) is 0 Å². The van der Waals surface area contributed by atoms with Crippen LogP contribution in [0.4, 0.5) is 11.4 Å². The van der Waals surface area contributed by atoms with Crippen molar-refractivity contribution in [2.24, 2.45) is 0 Å². The maximum absolute atomic E-state index is 10.9. The van der Waals surface area contributed by atoms with Gasteiger partial charge in [-0.05, 0) is 78.4 Å². The molecular weight excluding hydrogens is 516 g/mol. The minimum atomic E-state index is -0.965. The lowest BCUT2D eigenvalue weighted by Gasteiger charge is -2.27. The van der Waals surface area contributed by atoms with Crippen LogP contribution in [0.2, 0.25) is 0 Å². The van der Waals surface area contributed by atoms with Gasteiger partial charge in [-0.2, -0.15) is 4.58 Å². The maximum atomic E-state index is 10.9. The number of carboxylic acid groups (broad SMARTS) is 1. The van der Waals surface area contributed by atoms with E-state index in [4.69, 9.17) is 0 Å². The van der Waals surface area contributed by atoms with Gasteiger partial charge in [-0.1, -0.05) is 80.9 Å². The number of carboxylic acids is 1. The van der Waals surface area contributed by atoms with Crippen LogP contribution in [0.5, 0.6) is 0 Å². The first-order valence-electron chi connectivity index (χ1n) is 15.1. The molecule has 0 amide bonds. The molecule has 0 fully saturated rings. The lowest BCUT2D eigenvalue weighted by Crippen LogP contribution is -2.28. The topological polar surface area (TPSA) is 46.4 Å². The molecule has 0 aromatic heterocycles. The summed E-state index contributed by atoms with van der Waals surface area (Å²) in [6, 6.07) is 26.3. The zero-order valence-corrected chi connectivity index (χ0v) is 25.4. The fraction of sp³-hybridized carbons (Fsp3) is 0.316. The number of hydrogen-bond acceptors (Lipinski definition) is 3. The molecule has 4 aromatic carbocycles. The van der Waals surface area contributed by atoms with E-state index in [1.54, 1.807) is 0 Å². The summed E-state index contributed by atoms with van der Waals surface area (Å²) in [6.45, 7) is 10.2. The number of allylic oxidation sites excluding steroid dienone is 4. The van der Waals surface area contributed by atoms with Gasteiger partial charge in [0.25, 0.3) is 0 Å². The minimum Gasteiger partial charge on any atom is -0.550 e. The van der Waals surface area contributed by atoms with Crippen molar-refractivity contribution < 1.29 is 14.5 Å². The first kappa shape index (κ1) is 28.0. The Morgan fingerprint density at radius 2 is 1.45 bits per heavy atom. The van der Waals surface area contributed by atoms with Crippen LogP contribution in [0.25, 0.3) is 21.5 Å². The van der Waals surface area contributed by atoms with E-state index in [-0.39, 0.29) is 17.3 Å². The number of benzene rings is 4. The normalized spacial score (nSPS) is 18.0. The molecule has 0 atom stereocenters. The average molecular weight is 557 g/mol. The second-order valence-electron chi connectivity index (χ2n) is 12.8. The second-order valence-corrected chi connectivity index (χ2v) is 12.8. The number of fused-ring (bicyclic) bond motifs is 6. The molecule has 0 saturated heterocycles. The van der Waals surface area contributed by atoms with Gasteiger partial charge in [0.15, 0.2) is 5.71 Å². The first-order chi connectivity index (χ1) is 20.1. The van der Waals surface area contributed by atoms with E-state index in [0.717, 1.165) is 19.4 Å². The summed E-state index contributed by atoms with van der Waals surface area (Å²) in [5.41, 5.74) is 7.49. The molecule has 0 N–H and O–H groups in total. The van der Waals surface area contributed by atoms with Crippen LogP contribution < -0.4 is 10.0 Å². The molecule has 2 heterocycles. The lowest BCUT2D eigenvalue weighted by atomic mass is 9.79. The third-order valence-corrected chi connectivity index (χ3v) is 9.42. The highest BCUT2D eigenvalue weighted by Gasteiger charge is 2.44. The highest BCUT2D eigenvalue weighted by Crippen LogP contribution is 2.51. The minimum absolute atomic E-state index is 0.123. The van der Waals surface area contributed by atoms with Crippen molar-refractivity contribution in [3.63, 3.8) is 0 Å². The van der Waals surface area contributed by atoms with Gasteiger partial charge in [0.05, 0.1) is 5.41 Å². The Kier molecular flexibility index (Phi) is 7.04. The average Bonchev–Trinajstić information content (AvgIpc) is 3.31. The molecule has 0 saturated carbocycles. The fourth-order valence-electron chi connectivity index (χ4n) is 7.42. The molecule has 0 bridgehead atoms. The van der Waals surface area contributed by atoms with Crippen molar-refractivity contribution in [3.8, 4) is 0 Å². The van der Waals surface area contributed by atoms with E-state index in [9.17, 15) is 9.90 Å². The molecular formula is C38H40N2O2. The quantitative estimate of drug-likeness (QED) is 0.166. The van der Waals surface area contributed by atoms with Gasteiger partial charge in [0.1, 0.15) is 7.05 Å². The Hall–Kier alpha value is -4.18. The van der Waals surface area contributed by atoms with E-state index < -0.39 is 5.97 Å². The summed E-state index contributed by atoms with van der Waals surface area (Å²) < 4.78 is 2.34. The third-order valence-electron chi connectivity index (χ3n) is 9.42. The molecule has 4 aromatic rings. The van der Waals surface area contributed by atoms with Gasteiger partial charge in [-0.3, -0.25) is 0 Å². The van der Waals surface area contributed by atoms with Gasteiger partial charge >= 0.3 is 0 Å². The predicted molar refractivity (Wildman–Crippen MR) is 173 cm³/mol. The molecule has 0 aliphatic carbocycles. The van der Waals surface area contributed by atoms with Crippen LogP contribution in [0.1, 0.15) is 64.5 Å². The van der Waals surface area contributed by atoms with Gasteiger partial charge in [0, 0.05) is 47.0 Å². The number of rotatable bonds is 8. The van der Waals surface area contributed by atoms with Crippen molar-refractivity contribution in [1.29, 1.82) is 0 Å². The number of carbonyl (C=O) groups excluding carboxylic acids is 1. The van der Waals surface area contributed by atoms with Crippen LogP contribution in [0.3, 0.4) is 0 Å². The van der Waals surface area contributed by atoms with Crippen LogP contribution >= 0.6 is 0 Å². The van der Waals surface area contributed by atoms with Crippen LogP contribution in [-0.2, 0) is 15.6 Å².